The van der Waals surface area contributed by atoms with E-state index >= 15 is 0 Å². The van der Waals surface area contributed by atoms with Gasteiger partial charge in [0.2, 0.25) is 5.95 Å². The lowest BCUT2D eigenvalue weighted by Crippen LogP contribution is -2.40. The van der Waals surface area contributed by atoms with Gasteiger partial charge in [0.15, 0.2) is 0 Å². The van der Waals surface area contributed by atoms with Crippen LogP contribution in [0.1, 0.15) is 17.4 Å². The highest BCUT2D eigenvalue weighted by Gasteiger charge is 2.21. The van der Waals surface area contributed by atoms with Gasteiger partial charge in [-0.25, -0.2) is 19.4 Å². The van der Waals surface area contributed by atoms with Gasteiger partial charge in [-0.1, -0.05) is 0 Å². The van der Waals surface area contributed by atoms with Gasteiger partial charge in [-0.15, -0.1) is 0 Å². The molecule has 1 aromatic carbocycles. The molecule has 3 amide bonds. The number of nitrogens with zero attached hydrogens (tertiary/aromatic N) is 5. The first kappa shape index (κ1) is 18.7. The van der Waals surface area contributed by atoms with Gasteiger partial charge >= 0.3 is 6.03 Å². The first-order valence-electron chi connectivity index (χ1n) is 9.30. The number of amides is 3. The van der Waals surface area contributed by atoms with Gasteiger partial charge in [-0.05, 0) is 25.1 Å². The van der Waals surface area contributed by atoms with E-state index in [0.717, 1.165) is 5.69 Å². The molecular formula is C18H22N8O3. The second-order valence-corrected chi connectivity index (χ2v) is 6.53. The number of carbonyl (C=O) groups excluding carboxylic acids is 2. The second kappa shape index (κ2) is 7.80. The lowest BCUT2D eigenvalue weighted by molar-refractivity contribution is 0.0299. The molecule has 3 heterocycles. The Hall–Kier alpha value is -3.60. The molecule has 0 saturated carbocycles. The molecule has 0 atom stereocenters. The van der Waals surface area contributed by atoms with Crippen LogP contribution in [0, 0.1) is 0 Å². The number of rotatable bonds is 4. The lowest BCUT2D eigenvalue weighted by Gasteiger charge is -2.25. The molecule has 1 aliphatic heterocycles. The van der Waals surface area contributed by atoms with Crippen LogP contribution in [-0.4, -0.2) is 68.9 Å². The topological polar surface area (TPSA) is 132 Å². The highest BCUT2D eigenvalue weighted by atomic mass is 16.5. The number of hydrogen-bond donors (Lipinski definition) is 3. The molecule has 29 heavy (non-hydrogen) atoms. The molecule has 0 spiro atoms. The van der Waals surface area contributed by atoms with Crippen molar-refractivity contribution in [3.05, 3.63) is 36.4 Å². The minimum atomic E-state index is -0.379. The number of nitrogens with one attached hydrogen (secondary N) is 2. The van der Waals surface area contributed by atoms with Crippen molar-refractivity contribution >= 4 is 28.9 Å². The summed E-state index contributed by atoms with van der Waals surface area (Å²) in [6.07, 6.45) is 3.27. The quantitative estimate of drug-likeness (QED) is 0.550. The van der Waals surface area contributed by atoms with E-state index < -0.39 is 0 Å². The van der Waals surface area contributed by atoms with Crippen molar-refractivity contribution in [1.29, 1.82) is 0 Å². The van der Waals surface area contributed by atoms with E-state index in [9.17, 15) is 9.59 Å². The third-order valence-electron chi connectivity index (χ3n) is 4.63. The third kappa shape index (κ3) is 3.72. The normalized spacial score (nSPS) is 14.2. The summed E-state index contributed by atoms with van der Waals surface area (Å²) in [6, 6.07) is 5.07. The summed E-state index contributed by atoms with van der Waals surface area (Å²) in [5, 5.41) is 5.24. The summed E-state index contributed by atoms with van der Waals surface area (Å²) >= 11 is 0. The Bertz CT molecular complexity index is 1050. The molecule has 4 N–H and O–H groups in total. The number of ether oxygens (including phenoxy) is 1. The van der Waals surface area contributed by atoms with Crippen molar-refractivity contribution < 1.29 is 14.3 Å². The summed E-state index contributed by atoms with van der Waals surface area (Å²) in [7, 11) is 0. The summed E-state index contributed by atoms with van der Waals surface area (Å²) in [6.45, 7) is 4.51. The molecule has 2 aromatic heterocycles. The van der Waals surface area contributed by atoms with Gasteiger partial charge in [-0.2, -0.15) is 0 Å². The zero-order chi connectivity index (χ0) is 20.4. The number of nitrogen functional groups attached to an aromatic ring is 1. The minimum absolute atomic E-state index is 0.120. The maximum atomic E-state index is 12.6. The average molecular weight is 398 g/mol. The number of imidazole rings is 2. The van der Waals surface area contributed by atoms with Crippen LogP contribution in [0.15, 0.2) is 30.7 Å². The zero-order valence-corrected chi connectivity index (χ0v) is 16.0. The Balaban J connectivity index is 1.58. The van der Waals surface area contributed by atoms with E-state index in [1.54, 1.807) is 28.1 Å². The number of benzene rings is 1. The summed E-state index contributed by atoms with van der Waals surface area (Å²) < 4.78 is 8.34. The predicted octanol–water partition coefficient (Wildman–Crippen LogP) is 0.550. The molecule has 0 radical (unpaired) electrons. The molecule has 1 fully saturated rings. The van der Waals surface area contributed by atoms with Crippen molar-refractivity contribution in [1.82, 2.24) is 29.4 Å². The number of hydrogen-bond acceptors (Lipinski definition) is 6. The molecule has 11 heteroatoms. The number of anilines is 1. The largest absolute Gasteiger partial charge is 0.378 e. The van der Waals surface area contributed by atoms with Crippen LogP contribution in [0.4, 0.5) is 10.7 Å². The zero-order valence-electron chi connectivity index (χ0n) is 16.0. The first-order chi connectivity index (χ1) is 14.1. The third-order valence-corrected chi connectivity index (χ3v) is 4.63. The molecule has 3 aromatic rings. The minimum Gasteiger partial charge on any atom is -0.378 e. The number of fused-ring (bicyclic) bond motifs is 1. The maximum absolute atomic E-state index is 12.6. The van der Waals surface area contributed by atoms with Crippen molar-refractivity contribution in [2.24, 2.45) is 0 Å². The Kier molecular flexibility index (Phi) is 5.04. The van der Waals surface area contributed by atoms with Crippen LogP contribution in [0.5, 0.6) is 0 Å². The Morgan fingerprint density at radius 1 is 1.28 bits per heavy atom. The predicted molar refractivity (Wildman–Crippen MR) is 106 cm³/mol. The van der Waals surface area contributed by atoms with E-state index in [1.165, 1.54) is 4.68 Å². The number of carbonyl (C=O) groups is 2. The van der Waals surface area contributed by atoms with Gasteiger partial charge < -0.3 is 25.4 Å². The molecule has 1 saturated heterocycles. The van der Waals surface area contributed by atoms with Crippen LogP contribution in [-0.2, 0) is 4.74 Å². The first-order valence-corrected chi connectivity index (χ1v) is 9.30. The highest BCUT2D eigenvalue weighted by Crippen LogP contribution is 2.21. The molecule has 0 aliphatic carbocycles. The Labute approximate surface area is 166 Å². The number of urea groups is 1. The van der Waals surface area contributed by atoms with Crippen LogP contribution < -0.4 is 16.5 Å². The summed E-state index contributed by atoms with van der Waals surface area (Å²) in [5.74, 6) is 6.21. The van der Waals surface area contributed by atoms with Gasteiger partial charge in [0.25, 0.3) is 5.91 Å². The molecule has 1 aliphatic rings. The SMILES string of the molecule is CCNC(=O)Nc1nc2ccc(-n3cnc(C(=O)N4CCOCC4)c3)cc2n1N. The fraction of sp³-hybridized carbons (Fsp3) is 0.333. The number of aromatic nitrogens is 4. The number of morpholine rings is 1. The molecule has 11 nitrogen and oxygen atoms in total. The van der Waals surface area contributed by atoms with Crippen LogP contribution in [0.3, 0.4) is 0 Å². The second-order valence-electron chi connectivity index (χ2n) is 6.53. The van der Waals surface area contributed by atoms with E-state index in [-0.39, 0.29) is 17.9 Å². The highest BCUT2D eigenvalue weighted by molar-refractivity contribution is 5.92. The van der Waals surface area contributed by atoms with Gasteiger partial charge in [0.1, 0.15) is 12.0 Å². The number of nitrogens with two attached hydrogens (primary N) is 1. The van der Waals surface area contributed by atoms with Crippen molar-refractivity contribution in [2.45, 2.75) is 6.92 Å². The standard InChI is InChI=1S/C18H22N8O3/c1-2-20-18(28)23-17-22-13-4-3-12(9-15(13)26(17)19)25-10-14(21-11-25)16(27)24-5-7-29-8-6-24/h3-4,9-11H,2,5-8,19H2,1H3,(H2,20,22,23,28). The van der Waals surface area contributed by atoms with E-state index in [4.69, 9.17) is 10.6 Å². The Morgan fingerprint density at radius 2 is 2.07 bits per heavy atom. The smallest absolute Gasteiger partial charge is 0.321 e. The molecule has 0 bridgehead atoms. The average Bonchev–Trinajstić information content (AvgIpc) is 3.34. The van der Waals surface area contributed by atoms with Gasteiger partial charge in [0.05, 0.1) is 24.2 Å². The molecule has 0 unspecified atom stereocenters. The maximum Gasteiger partial charge on any atom is 0.321 e. The molecule has 152 valence electrons. The van der Waals surface area contributed by atoms with E-state index in [0.29, 0.717) is 49.6 Å². The van der Waals surface area contributed by atoms with Crippen molar-refractivity contribution in [3.63, 3.8) is 0 Å². The van der Waals surface area contributed by atoms with Gasteiger partial charge in [0, 0.05) is 31.5 Å². The summed E-state index contributed by atoms with van der Waals surface area (Å²) in [4.78, 5) is 34.6. The lowest BCUT2D eigenvalue weighted by atomic mass is 10.2. The van der Waals surface area contributed by atoms with E-state index in [2.05, 4.69) is 20.6 Å². The van der Waals surface area contributed by atoms with Crippen molar-refractivity contribution in [3.8, 4) is 5.69 Å². The monoisotopic (exact) mass is 398 g/mol. The summed E-state index contributed by atoms with van der Waals surface area (Å²) in [5.41, 5.74) is 2.39. The fourth-order valence-corrected chi connectivity index (χ4v) is 3.14. The molecular weight excluding hydrogens is 376 g/mol. The fourth-order valence-electron chi connectivity index (χ4n) is 3.14. The Morgan fingerprint density at radius 3 is 2.83 bits per heavy atom. The van der Waals surface area contributed by atoms with Crippen molar-refractivity contribution in [2.75, 3.05) is 44.0 Å². The molecule has 4 rings (SSSR count). The van der Waals surface area contributed by atoms with Gasteiger partial charge in [-0.3, -0.25) is 10.1 Å². The van der Waals surface area contributed by atoms with Crippen LogP contribution in [0.2, 0.25) is 0 Å². The van der Waals surface area contributed by atoms with E-state index in [1.807, 2.05) is 19.1 Å². The van der Waals surface area contributed by atoms with Crippen LogP contribution >= 0.6 is 0 Å². The van der Waals surface area contributed by atoms with Crippen LogP contribution in [0.25, 0.3) is 16.7 Å².